The molecule has 0 saturated heterocycles. The maximum atomic E-state index is 10.0. The van der Waals surface area contributed by atoms with Crippen molar-refractivity contribution in [1.29, 1.82) is 0 Å². The third kappa shape index (κ3) is 4.24. The molecule has 1 N–H and O–H groups in total. The Kier molecular flexibility index (Phi) is 4.44. The molecule has 0 aromatic heterocycles. The predicted octanol–water partition coefficient (Wildman–Crippen LogP) is 1.13. The average molecular weight is 153 g/mol. The molecule has 0 aliphatic carbocycles. The van der Waals surface area contributed by atoms with Crippen LogP contribution in [0.5, 0.6) is 0 Å². The minimum Gasteiger partial charge on any atom is -0.448 e. The number of hydrogen-bond acceptors (Lipinski definition) is 3. The van der Waals surface area contributed by atoms with Crippen molar-refractivity contribution in [1.82, 2.24) is 0 Å². The number of carbonyl (C=O) groups is 1. The third-order valence-corrected chi connectivity index (χ3v) is 1.01. The second-order valence-corrected chi connectivity index (χ2v) is 1.88. The summed E-state index contributed by atoms with van der Waals surface area (Å²) >= 11 is 4.86. The molecule has 0 spiro atoms. The van der Waals surface area contributed by atoms with Crippen LogP contribution in [-0.2, 0) is 4.74 Å². The summed E-state index contributed by atoms with van der Waals surface area (Å²) in [4.78, 5) is 10.0. The normalized spacial score (nSPS) is 12.8. The third-order valence-electron chi connectivity index (χ3n) is 0.918. The summed E-state index contributed by atoms with van der Waals surface area (Å²) in [5.74, 6) is 0. The molecule has 4 heteroatoms. The number of ether oxygens (including phenoxy) is 1. The summed E-state index contributed by atoms with van der Waals surface area (Å²) in [6.45, 7) is 1.62. The van der Waals surface area contributed by atoms with Gasteiger partial charge in [0.05, 0.1) is 6.61 Å². The second kappa shape index (κ2) is 4.58. The van der Waals surface area contributed by atoms with Crippen molar-refractivity contribution in [2.24, 2.45) is 0 Å². The maximum Gasteiger partial charge on any atom is 0.404 e. The van der Waals surface area contributed by atoms with E-state index in [1.165, 1.54) is 0 Å². The van der Waals surface area contributed by atoms with Crippen LogP contribution in [0, 0.1) is 0 Å². The van der Waals surface area contributed by atoms with Gasteiger partial charge in [-0.1, -0.05) is 6.92 Å². The fourth-order valence-electron chi connectivity index (χ4n) is 0.381. The Morgan fingerprint density at radius 3 is 2.56 bits per heavy atom. The summed E-state index contributed by atoms with van der Waals surface area (Å²) in [5, 5.41) is 8.44. The van der Waals surface area contributed by atoms with Gasteiger partial charge in [-0.3, -0.25) is 0 Å². The van der Waals surface area contributed by atoms with Crippen LogP contribution in [0.1, 0.15) is 13.3 Å². The zero-order chi connectivity index (χ0) is 7.28. The van der Waals surface area contributed by atoms with Crippen molar-refractivity contribution in [2.75, 3.05) is 6.61 Å². The van der Waals surface area contributed by atoms with E-state index >= 15 is 0 Å². The van der Waals surface area contributed by atoms with Crippen molar-refractivity contribution in [2.45, 2.75) is 19.4 Å². The molecule has 0 radical (unpaired) electrons. The molecule has 9 heavy (non-hydrogen) atoms. The van der Waals surface area contributed by atoms with Crippen LogP contribution in [0.25, 0.3) is 0 Å². The van der Waals surface area contributed by atoms with Crippen LogP contribution in [0.2, 0.25) is 0 Å². The van der Waals surface area contributed by atoms with Crippen molar-refractivity contribution in [3.63, 3.8) is 0 Å². The maximum absolute atomic E-state index is 10.0. The molecular weight excluding hydrogens is 144 g/mol. The fourth-order valence-corrected chi connectivity index (χ4v) is 0.507. The van der Waals surface area contributed by atoms with Gasteiger partial charge in [0.2, 0.25) is 0 Å². The molecular formula is C5H9ClO3. The number of rotatable bonds is 3. The summed E-state index contributed by atoms with van der Waals surface area (Å²) < 4.78 is 4.43. The standard InChI is InChI=1S/C5H9ClO3/c1-2-4(3-7)9-5(6)8/h4,7H,2-3H2,1H3. The number of aliphatic hydroxyl groups excluding tert-OH is 1. The summed E-state index contributed by atoms with van der Waals surface area (Å²) in [6.07, 6.45) is 0.129. The molecule has 0 aromatic rings. The Bertz CT molecular complexity index is 90.2. The first-order chi connectivity index (χ1) is 4.20. The second-order valence-electron chi connectivity index (χ2n) is 1.57. The van der Waals surface area contributed by atoms with Crippen LogP contribution in [0.3, 0.4) is 0 Å². The first-order valence-electron chi connectivity index (χ1n) is 2.67. The van der Waals surface area contributed by atoms with E-state index in [1.54, 1.807) is 6.92 Å². The first kappa shape index (κ1) is 8.72. The molecule has 0 heterocycles. The number of aliphatic hydroxyl groups is 1. The Balaban J connectivity index is 3.43. The van der Waals surface area contributed by atoms with Gasteiger partial charge in [0, 0.05) is 11.6 Å². The molecule has 1 unspecified atom stereocenters. The van der Waals surface area contributed by atoms with Gasteiger partial charge in [0.1, 0.15) is 6.10 Å². The number of halogens is 1. The van der Waals surface area contributed by atoms with Gasteiger partial charge in [-0.2, -0.15) is 0 Å². The highest BCUT2D eigenvalue weighted by Crippen LogP contribution is 1.99. The van der Waals surface area contributed by atoms with Gasteiger partial charge < -0.3 is 9.84 Å². The highest BCUT2D eigenvalue weighted by Gasteiger charge is 2.07. The summed E-state index contributed by atoms with van der Waals surface area (Å²) in [5.41, 5.74) is -0.865. The molecule has 1 atom stereocenters. The smallest absolute Gasteiger partial charge is 0.404 e. The monoisotopic (exact) mass is 152 g/mol. The number of hydrogen-bond donors (Lipinski definition) is 1. The minimum atomic E-state index is -0.865. The van der Waals surface area contributed by atoms with Crippen molar-refractivity contribution in [3.8, 4) is 0 Å². The zero-order valence-electron chi connectivity index (χ0n) is 5.13. The molecule has 0 aromatic carbocycles. The molecule has 0 aliphatic heterocycles. The van der Waals surface area contributed by atoms with E-state index in [4.69, 9.17) is 16.7 Å². The minimum absolute atomic E-state index is 0.172. The van der Waals surface area contributed by atoms with Gasteiger partial charge in [-0.25, -0.2) is 4.79 Å². The lowest BCUT2D eigenvalue weighted by Gasteiger charge is -2.08. The van der Waals surface area contributed by atoms with Crippen LogP contribution in [-0.4, -0.2) is 23.2 Å². The Morgan fingerprint density at radius 2 is 2.44 bits per heavy atom. The zero-order valence-corrected chi connectivity index (χ0v) is 5.89. The van der Waals surface area contributed by atoms with Crippen molar-refractivity contribution < 1.29 is 14.6 Å². The molecule has 0 saturated carbocycles. The molecule has 0 rings (SSSR count). The van der Waals surface area contributed by atoms with Crippen molar-refractivity contribution in [3.05, 3.63) is 0 Å². The Morgan fingerprint density at radius 1 is 1.89 bits per heavy atom. The Labute approximate surface area is 58.6 Å². The lowest BCUT2D eigenvalue weighted by atomic mass is 10.3. The van der Waals surface area contributed by atoms with Crippen LogP contribution in [0.4, 0.5) is 4.79 Å². The lowest BCUT2D eigenvalue weighted by Crippen LogP contribution is -2.17. The SMILES string of the molecule is CCC(CO)OC(=O)Cl. The van der Waals surface area contributed by atoms with E-state index in [-0.39, 0.29) is 6.61 Å². The molecule has 0 aliphatic rings. The summed E-state index contributed by atoms with van der Waals surface area (Å²) in [7, 11) is 0. The van der Waals surface area contributed by atoms with E-state index in [1.807, 2.05) is 0 Å². The van der Waals surface area contributed by atoms with E-state index in [2.05, 4.69) is 4.74 Å². The molecule has 54 valence electrons. The van der Waals surface area contributed by atoms with E-state index in [0.717, 1.165) is 0 Å². The average Bonchev–Trinajstić information content (AvgIpc) is 1.82. The molecule has 3 nitrogen and oxygen atoms in total. The van der Waals surface area contributed by atoms with Crippen LogP contribution < -0.4 is 0 Å². The van der Waals surface area contributed by atoms with Crippen molar-refractivity contribution >= 4 is 17.0 Å². The van der Waals surface area contributed by atoms with E-state index in [9.17, 15) is 4.79 Å². The molecule has 0 bridgehead atoms. The number of carbonyl (C=O) groups excluding carboxylic acids is 1. The van der Waals surface area contributed by atoms with Gasteiger partial charge in [0.15, 0.2) is 0 Å². The highest BCUT2D eigenvalue weighted by molar-refractivity contribution is 6.61. The van der Waals surface area contributed by atoms with Crippen LogP contribution in [0.15, 0.2) is 0 Å². The fraction of sp³-hybridized carbons (Fsp3) is 0.800. The Hall–Kier alpha value is -0.280. The quantitative estimate of drug-likeness (QED) is 0.617. The van der Waals surface area contributed by atoms with Gasteiger partial charge in [-0.05, 0) is 6.42 Å². The first-order valence-corrected chi connectivity index (χ1v) is 3.05. The van der Waals surface area contributed by atoms with E-state index < -0.39 is 11.5 Å². The van der Waals surface area contributed by atoms with Gasteiger partial charge >= 0.3 is 5.43 Å². The predicted molar refractivity (Wildman–Crippen MR) is 33.5 cm³/mol. The lowest BCUT2D eigenvalue weighted by molar-refractivity contribution is 0.0716. The summed E-state index contributed by atoms with van der Waals surface area (Å²) in [6, 6.07) is 0. The topological polar surface area (TPSA) is 46.5 Å². The largest absolute Gasteiger partial charge is 0.448 e. The highest BCUT2D eigenvalue weighted by atomic mass is 35.5. The van der Waals surface area contributed by atoms with Gasteiger partial charge in [0.25, 0.3) is 0 Å². The molecule has 0 amide bonds. The van der Waals surface area contributed by atoms with Crippen LogP contribution >= 0.6 is 11.6 Å². The van der Waals surface area contributed by atoms with Gasteiger partial charge in [-0.15, -0.1) is 0 Å². The molecule has 0 fully saturated rings. The van der Waals surface area contributed by atoms with E-state index in [0.29, 0.717) is 6.42 Å².